The molecule has 120 valence electrons. The van der Waals surface area contributed by atoms with Gasteiger partial charge in [-0.3, -0.25) is 11.3 Å². The van der Waals surface area contributed by atoms with Gasteiger partial charge in [-0.2, -0.15) is 0 Å². The van der Waals surface area contributed by atoms with Crippen LogP contribution < -0.4 is 11.3 Å². The van der Waals surface area contributed by atoms with Gasteiger partial charge in [0.15, 0.2) is 0 Å². The molecule has 0 radical (unpaired) electrons. The molecule has 0 bridgehead atoms. The summed E-state index contributed by atoms with van der Waals surface area (Å²) < 4.78 is 52.0. The van der Waals surface area contributed by atoms with Gasteiger partial charge in [-0.05, 0) is 31.6 Å². The van der Waals surface area contributed by atoms with Gasteiger partial charge in [-0.25, -0.2) is 17.2 Å². The average molecular weight is 314 g/mol. The molecule has 0 aliphatic heterocycles. The van der Waals surface area contributed by atoms with E-state index in [4.69, 9.17) is 10.6 Å². The Morgan fingerprint density at radius 2 is 2.10 bits per heavy atom. The molecule has 0 heterocycles. The lowest BCUT2D eigenvalue weighted by Crippen LogP contribution is -2.45. The number of hydrogen-bond donors (Lipinski definition) is 2. The van der Waals surface area contributed by atoms with Crippen LogP contribution in [-0.4, -0.2) is 45.6 Å². The summed E-state index contributed by atoms with van der Waals surface area (Å²) in [4.78, 5) is 0. The van der Waals surface area contributed by atoms with Crippen LogP contribution >= 0.6 is 0 Å². The SMILES string of the molecule is CS(=O)(=O)C1CCCC(C(CCOCC(F)F)NN)C1. The van der Waals surface area contributed by atoms with Crippen molar-refractivity contribution < 1.29 is 21.9 Å². The molecule has 0 saturated heterocycles. The Kier molecular flexibility index (Phi) is 7.28. The Hall–Kier alpha value is -0.310. The summed E-state index contributed by atoms with van der Waals surface area (Å²) in [5.74, 6) is 5.64. The van der Waals surface area contributed by atoms with Crippen LogP contribution in [0.1, 0.15) is 32.1 Å². The molecule has 0 aromatic rings. The highest BCUT2D eigenvalue weighted by molar-refractivity contribution is 7.91. The number of halogens is 2. The first-order chi connectivity index (χ1) is 9.34. The summed E-state index contributed by atoms with van der Waals surface area (Å²) in [5, 5.41) is -0.320. The van der Waals surface area contributed by atoms with E-state index in [0.29, 0.717) is 19.3 Å². The minimum atomic E-state index is -3.04. The van der Waals surface area contributed by atoms with Crippen LogP contribution in [0, 0.1) is 5.92 Å². The van der Waals surface area contributed by atoms with E-state index in [1.165, 1.54) is 6.26 Å². The predicted molar refractivity (Wildman–Crippen MR) is 73.1 cm³/mol. The molecule has 5 nitrogen and oxygen atoms in total. The van der Waals surface area contributed by atoms with Crippen molar-refractivity contribution >= 4 is 9.84 Å². The molecule has 20 heavy (non-hydrogen) atoms. The number of alkyl halides is 2. The lowest BCUT2D eigenvalue weighted by Gasteiger charge is -2.33. The van der Waals surface area contributed by atoms with Crippen molar-refractivity contribution in [1.82, 2.24) is 5.43 Å². The molecule has 3 N–H and O–H groups in total. The smallest absolute Gasteiger partial charge is 0.261 e. The first-order valence-electron chi connectivity index (χ1n) is 6.85. The largest absolute Gasteiger partial charge is 0.375 e. The third kappa shape index (κ3) is 5.99. The number of hydrogen-bond acceptors (Lipinski definition) is 5. The molecule has 0 amide bonds. The predicted octanol–water partition coefficient (Wildman–Crippen LogP) is 1.09. The summed E-state index contributed by atoms with van der Waals surface area (Å²) in [6.07, 6.45) is 2.30. The van der Waals surface area contributed by atoms with Gasteiger partial charge in [-0.1, -0.05) is 6.42 Å². The maximum atomic E-state index is 11.9. The summed E-state index contributed by atoms with van der Waals surface area (Å²) in [6, 6.07) is -0.0998. The lowest BCUT2D eigenvalue weighted by atomic mass is 9.82. The molecule has 1 aliphatic rings. The van der Waals surface area contributed by atoms with Crippen LogP contribution in [-0.2, 0) is 14.6 Å². The second-order valence-corrected chi connectivity index (χ2v) is 7.73. The van der Waals surface area contributed by atoms with Crippen LogP contribution in [0.25, 0.3) is 0 Å². The summed E-state index contributed by atoms with van der Waals surface area (Å²) in [6.45, 7) is -0.382. The van der Waals surface area contributed by atoms with Gasteiger partial charge >= 0.3 is 0 Å². The highest BCUT2D eigenvalue weighted by Crippen LogP contribution is 2.31. The van der Waals surface area contributed by atoms with Crippen LogP contribution in [0.3, 0.4) is 0 Å². The number of ether oxygens (including phenoxy) is 1. The first-order valence-corrected chi connectivity index (χ1v) is 8.81. The Balaban J connectivity index is 2.44. The summed E-state index contributed by atoms with van der Waals surface area (Å²) >= 11 is 0. The Bertz CT molecular complexity index is 379. The fraction of sp³-hybridized carbons (Fsp3) is 1.00. The number of nitrogens with one attached hydrogen (secondary N) is 1. The molecule has 0 spiro atoms. The van der Waals surface area contributed by atoms with Gasteiger partial charge in [0.1, 0.15) is 16.4 Å². The van der Waals surface area contributed by atoms with Gasteiger partial charge in [0, 0.05) is 18.9 Å². The lowest BCUT2D eigenvalue weighted by molar-refractivity contribution is 0.0121. The van der Waals surface area contributed by atoms with Crippen LogP contribution in [0.4, 0.5) is 8.78 Å². The minimum Gasteiger partial charge on any atom is -0.375 e. The van der Waals surface area contributed by atoms with E-state index in [9.17, 15) is 17.2 Å². The van der Waals surface area contributed by atoms with E-state index in [1.807, 2.05) is 0 Å². The van der Waals surface area contributed by atoms with Gasteiger partial charge in [0.05, 0.1) is 5.25 Å². The fourth-order valence-electron chi connectivity index (χ4n) is 2.77. The molecule has 1 aliphatic carbocycles. The topological polar surface area (TPSA) is 81.4 Å². The minimum absolute atomic E-state index is 0.0998. The van der Waals surface area contributed by atoms with E-state index < -0.39 is 22.9 Å². The van der Waals surface area contributed by atoms with Crippen molar-refractivity contribution in [2.75, 3.05) is 19.5 Å². The molecule has 3 atom stereocenters. The third-order valence-corrected chi connectivity index (χ3v) is 5.51. The van der Waals surface area contributed by atoms with Crippen molar-refractivity contribution in [3.8, 4) is 0 Å². The number of nitrogens with two attached hydrogens (primary N) is 1. The van der Waals surface area contributed by atoms with Gasteiger partial charge in [0.2, 0.25) is 0 Å². The monoisotopic (exact) mass is 314 g/mol. The second-order valence-electron chi connectivity index (χ2n) is 5.41. The zero-order valence-corrected chi connectivity index (χ0v) is 12.5. The Labute approximate surface area is 119 Å². The summed E-state index contributed by atoms with van der Waals surface area (Å²) in [5.41, 5.74) is 2.67. The third-order valence-electron chi connectivity index (χ3n) is 3.87. The standard InChI is InChI=1S/C12H24F2N2O3S/c1-20(17,18)10-4-2-3-9(7-10)11(16-15)5-6-19-8-12(13)14/h9-12,16H,2-8,15H2,1H3. The van der Waals surface area contributed by atoms with Crippen LogP contribution in [0.2, 0.25) is 0 Å². The Morgan fingerprint density at radius 1 is 1.40 bits per heavy atom. The van der Waals surface area contributed by atoms with E-state index in [2.05, 4.69) is 5.43 Å². The van der Waals surface area contributed by atoms with Gasteiger partial charge in [0.25, 0.3) is 6.43 Å². The number of hydrazine groups is 1. The first kappa shape index (κ1) is 17.7. The van der Waals surface area contributed by atoms with E-state index >= 15 is 0 Å². The van der Waals surface area contributed by atoms with E-state index in [0.717, 1.165) is 12.8 Å². The van der Waals surface area contributed by atoms with Crippen molar-refractivity contribution in [1.29, 1.82) is 0 Å². The average Bonchev–Trinajstić information content (AvgIpc) is 2.38. The van der Waals surface area contributed by atoms with Gasteiger partial charge in [-0.15, -0.1) is 0 Å². The zero-order valence-electron chi connectivity index (χ0n) is 11.7. The maximum Gasteiger partial charge on any atom is 0.261 e. The fourth-order valence-corrected chi connectivity index (χ4v) is 3.96. The van der Waals surface area contributed by atoms with Crippen molar-refractivity contribution in [3.05, 3.63) is 0 Å². The highest BCUT2D eigenvalue weighted by Gasteiger charge is 2.32. The second kappa shape index (κ2) is 8.21. The molecule has 0 aromatic heterocycles. The van der Waals surface area contributed by atoms with Crippen LogP contribution in [0.15, 0.2) is 0 Å². The quantitative estimate of drug-likeness (QED) is 0.398. The molecular formula is C12H24F2N2O3S. The summed E-state index contributed by atoms with van der Waals surface area (Å²) in [7, 11) is -3.04. The number of sulfone groups is 1. The molecular weight excluding hydrogens is 290 g/mol. The van der Waals surface area contributed by atoms with Crippen molar-refractivity contribution in [2.24, 2.45) is 11.8 Å². The molecule has 1 saturated carbocycles. The zero-order chi connectivity index (χ0) is 15.2. The molecule has 0 aromatic carbocycles. The molecule has 8 heteroatoms. The normalized spacial score (nSPS) is 25.9. The van der Waals surface area contributed by atoms with E-state index in [-0.39, 0.29) is 23.8 Å². The number of rotatable bonds is 8. The maximum absolute atomic E-state index is 11.9. The highest BCUT2D eigenvalue weighted by atomic mass is 32.2. The molecule has 3 unspecified atom stereocenters. The molecule has 1 rings (SSSR count). The van der Waals surface area contributed by atoms with Crippen LogP contribution in [0.5, 0.6) is 0 Å². The van der Waals surface area contributed by atoms with Gasteiger partial charge < -0.3 is 4.74 Å². The van der Waals surface area contributed by atoms with Crippen molar-refractivity contribution in [2.45, 2.75) is 49.8 Å². The van der Waals surface area contributed by atoms with E-state index in [1.54, 1.807) is 0 Å². The molecule has 1 fully saturated rings. The van der Waals surface area contributed by atoms with Crippen molar-refractivity contribution in [3.63, 3.8) is 0 Å². The Morgan fingerprint density at radius 3 is 2.65 bits per heavy atom.